The highest BCUT2D eigenvalue weighted by molar-refractivity contribution is 7.99. The van der Waals surface area contributed by atoms with Gasteiger partial charge in [-0.2, -0.15) is 0 Å². The summed E-state index contributed by atoms with van der Waals surface area (Å²) in [6.45, 7) is 2.04. The van der Waals surface area contributed by atoms with Crippen molar-refractivity contribution in [3.63, 3.8) is 0 Å². The highest BCUT2D eigenvalue weighted by Crippen LogP contribution is 2.33. The maximum atomic E-state index is 12.3. The molecule has 0 unspecified atom stereocenters. The van der Waals surface area contributed by atoms with E-state index < -0.39 is 0 Å². The number of benzene rings is 1. The number of thioether (sulfide) groups is 1. The minimum Gasteiger partial charge on any atom is -0.306 e. The molecule has 132 valence electrons. The molecule has 0 spiro atoms. The van der Waals surface area contributed by atoms with Crippen LogP contribution in [0, 0.1) is 11.8 Å². The lowest BCUT2D eigenvalue weighted by atomic mass is 10.1. The van der Waals surface area contributed by atoms with Crippen LogP contribution in [0.15, 0.2) is 53.8 Å². The van der Waals surface area contributed by atoms with Crippen LogP contribution in [0.1, 0.15) is 27.8 Å². The Morgan fingerprint density at radius 2 is 2.04 bits per heavy atom. The Morgan fingerprint density at radius 1 is 1.19 bits per heavy atom. The third kappa shape index (κ3) is 3.95. The molecule has 4 rings (SSSR count). The second-order valence-electron chi connectivity index (χ2n) is 5.68. The summed E-state index contributed by atoms with van der Waals surface area (Å²) in [5, 5.41) is 3.50. The second-order valence-corrected chi connectivity index (χ2v) is 8.02. The molecule has 1 N–H and O–H groups in total. The number of aromatic nitrogens is 2. The summed E-state index contributed by atoms with van der Waals surface area (Å²) in [4.78, 5) is 23.0. The van der Waals surface area contributed by atoms with Crippen LogP contribution in [0.3, 0.4) is 0 Å². The third-order valence-electron chi connectivity index (χ3n) is 3.82. The number of rotatable bonds is 3. The molecule has 0 radical (unpaired) electrons. The molecule has 0 saturated carbocycles. The first-order valence-corrected chi connectivity index (χ1v) is 10.2. The van der Waals surface area contributed by atoms with Crippen LogP contribution >= 0.6 is 23.1 Å². The van der Waals surface area contributed by atoms with E-state index in [4.69, 9.17) is 0 Å². The van der Waals surface area contributed by atoms with Gasteiger partial charge in [-0.3, -0.25) is 4.79 Å². The van der Waals surface area contributed by atoms with Gasteiger partial charge in [-0.1, -0.05) is 48.7 Å². The summed E-state index contributed by atoms with van der Waals surface area (Å²) in [5.41, 5.74) is 2.31. The van der Waals surface area contributed by atoms with Gasteiger partial charge in [0.15, 0.2) is 5.16 Å². The number of hydrogen-bond donors (Lipinski definition) is 1. The summed E-state index contributed by atoms with van der Waals surface area (Å²) in [6.07, 6.45) is 3.59. The van der Waals surface area contributed by atoms with Gasteiger partial charge in [0.1, 0.15) is 5.82 Å². The Morgan fingerprint density at radius 3 is 2.85 bits per heavy atom. The fraction of sp³-hybridized carbons (Fsp3) is 0.0952. The number of carbonyl (C=O) groups excluding carboxylic acids is 1. The van der Waals surface area contributed by atoms with E-state index in [0.717, 1.165) is 26.6 Å². The van der Waals surface area contributed by atoms with Gasteiger partial charge in [-0.25, -0.2) is 9.97 Å². The van der Waals surface area contributed by atoms with Crippen molar-refractivity contribution >= 4 is 46.5 Å². The molecule has 0 aliphatic carbocycles. The average molecular weight is 390 g/mol. The maximum Gasteiger partial charge on any atom is 0.257 e. The number of amides is 1. The van der Waals surface area contributed by atoms with Crippen molar-refractivity contribution in [2.24, 2.45) is 0 Å². The molecule has 2 aromatic heterocycles. The Labute approximate surface area is 165 Å². The first-order valence-electron chi connectivity index (χ1n) is 8.43. The fourth-order valence-corrected chi connectivity index (χ4v) is 3.94. The number of carbonyl (C=O) groups is 1. The lowest BCUT2D eigenvalue weighted by Gasteiger charge is -2.00. The SMILES string of the molecule is CCSc1ncc2c(n1)NC(=O)C2=Cc1ccc(C#Cc2ccccc2)s1. The van der Waals surface area contributed by atoms with Crippen molar-refractivity contribution in [1.82, 2.24) is 9.97 Å². The Hall–Kier alpha value is -2.88. The van der Waals surface area contributed by atoms with Crippen molar-refractivity contribution in [1.29, 1.82) is 0 Å². The Kier molecular flexibility index (Phi) is 5.05. The predicted octanol–water partition coefficient (Wildman–Crippen LogP) is 4.54. The summed E-state index contributed by atoms with van der Waals surface area (Å²) in [5.74, 6) is 7.64. The standard InChI is InChI=1S/C21H15N3OS2/c1-2-26-21-22-13-18-17(20(25)23-19(18)24-21)12-16-11-10-15(27-16)9-8-14-6-4-3-5-7-14/h3-7,10-13H,2H2,1H3,(H,22,23,24,25). The topological polar surface area (TPSA) is 54.9 Å². The summed E-state index contributed by atoms with van der Waals surface area (Å²) < 4.78 is 0. The van der Waals surface area contributed by atoms with Crippen LogP contribution in [0.4, 0.5) is 5.82 Å². The first kappa shape index (κ1) is 17.5. The smallest absolute Gasteiger partial charge is 0.257 e. The number of nitrogens with zero attached hydrogens (tertiary/aromatic N) is 2. The average Bonchev–Trinajstić information content (AvgIpc) is 3.25. The molecule has 1 amide bonds. The van der Waals surface area contributed by atoms with Gasteiger partial charge in [-0.05, 0) is 36.1 Å². The van der Waals surface area contributed by atoms with E-state index in [1.54, 1.807) is 29.3 Å². The summed E-state index contributed by atoms with van der Waals surface area (Å²) in [7, 11) is 0. The number of nitrogens with one attached hydrogen (secondary N) is 1. The molecule has 4 nitrogen and oxygen atoms in total. The molecule has 3 aromatic rings. The van der Waals surface area contributed by atoms with Crippen LogP contribution in [-0.2, 0) is 4.79 Å². The van der Waals surface area contributed by atoms with Crippen molar-refractivity contribution in [2.75, 3.05) is 11.1 Å². The lowest BCUT2D eigenvalue weighted by molar-refractivity contribution is -0.110. The molecule has 1 aromatic carbocycles. The van der Waals surface area contributed by atoms with Crippen LogP contribution in [0.5, 0.6) is 0 Å². The Bertz CT molecular complexity index is 1090. The van der Waals surface area contributed by atoms with Crippen molar-refractivity contribution in [3.8, 4) is 11.8 Å². The van der Waals surface area contributed by atoms with Gasteiger partial charge in [0.25, 0.3) is 5.91 Å². The largest absolute Gasteiger partial charge is 0.306 e. The second kappa shape index (κ2) is 7.78. The molecule has 0 atom stereocenters. The van der Waals surface area contributed by atoms with Crippen molar-refractivity contribution in [3.05, 3.63) is 69.5 Å². The molecule has 0 bridgehead atoms. The minimum absolute atomic E-state index is 0.150. The molecule has 27 heavy (non-hydrogen) atoms. The van der Waals surface area contributed by atoms with Crippen LogP contribution < -0.4 is 5.32 Å². The fourth-order valence-electron chi connectivity index (χ4n) is 2.59. The zero-order chi connectivity index (χ0) is 18.6. The highest BCUT2D eigenvalue weighted by Gasteiger charge is 2.26. The van der Waals surface area contributed by atoms with E-state index in [9.17, 15) is 4.79 Å². The van der Waals surface area contributed by atoms with E-state index in [2.05, 4.69) is 27.1 Å². The van der Waals surface area contributed by atoms with Crippen LogP contribution in [-0.4, -0.2) is 21.6 Å². The maximum absolute atomic E-state index is 12.3. The normalized spacial score (nSPS) is 13.8. The Balaban J connectivity index is 1.59. The van der Waals surface area contributed by atoms with Gasteiger partial charge < -0.3 is 5.32 Å². The van der Waals surface area contributed by atoms with Crippen molar-refractivity contribution < 1.29 is 4.79 Å². The molecular formula is C21H15N3OS2. The van der Waals surface area contributed by atoms with Crippen molar-refractivity contribution in [2.45, 2.75) is 12.1 Å². The van der Waals surface area contributed by atoms with E-state index >= 15 is 0 Å². The van der Waals surface area contributed by atoms with E-state index in [1.807, 2.05) is 55.5 Å². The van der Waals surface area contributed by atoms with E-state index in [0.29, 0.717) is 16.5 Å². The van der Waals surface area contributed by atoms with Gasteiger partial charge in [0.2, 0.25) is 0 Å². The quantitative estimate of drug-likeness (QED) is 0.309. The van der Waals surface area contributed by atoms with Gasteiger partial charge >= 0.3 is 0 Å². The molecule has 3 heterocycles. The summed E-state index contributed by atoms with van der Waals surface area (Å²) >= 11 is 3.10. The number of fused-ring (bicyclic) bond motifs is 1. The van der Waals surface area contributed by atoms with Crippen LogP contribution in [0.2, 0.25) is 0 Å². The zero-order valence-corrected chi connectivity index (χ0v) is 16.2. The number of anilines is 1. The molecule has 0 saturated heterocycles. The molecule has 1 aliphatic rings. The van der Waals surface area contributed by atoms with Gasteiger partial charge in [0, 0.05) is 22.2 Å². The highest BCUT2D eigenvalue weighted by atomic mass is 32.2. The van der Waals surface area contributed by atoms with Crippen LogP contribution in [0.25, 0.3) is 11.6 Å². The van der Waals surface area contributed by atoms with E-state index in [1.165, 1.54) is 0 Å². The van der Waals surface area contributed by atoms with Gasteiger partial charge in [-0.15, -0.1) is 11.3 Å². The lowest BCUT2D eigenvalue weighted by Crippen LogP contribution is -2.04. The molecule has 1 aliphatic heterocycles. The first-order chi connectivity index (χ1) is 13.2. The summed E-state index contributed by atoms with van der Waals surface area (Å²) in [6, 6.07) is 13.8. The minimum atomic E-state index is -0.150. The molecule has 0 fully saturated rings. The number of hydrogen-bond acceptors (Lipinski definition) is 5. The number of thiophene rings is 1. The zero-order valence-electron chi connectivity index (χ0n) is 14.5. The third-order valence-corrected chi connectivity index (χ3v) is 5.52. The van der Waals surface area contributed by atoms with E-state index in [-0.39, 0.29) is 5.91 Å². The van der Waals surface area contributed by atoms with Gasteiger partial charge in [0.05, 0.1) is 10.5 Å². The monoisotopic (exact) mass is 389 g/mol. The predicted molar refractivity (Wildman–Crippen MR) is 112 cm³/mol. The molecule has 6 heteroatoms. The molecular weight excluding hydrogens is 374 g/mol.